The fraction of sp³-hybridized carbons (Fsp3) is 0.615. The summed E-state index contributed by atoms with van der Waals surface area (Å²) in [5.41, 5.74) is 2.04. The number of nitrogens with zero attached hydrogens (tertiary/aromatic N) is 1. The lowest BCUT2D eigenvalue weighted by molar-refractivity contribution is 0.412. The van der Waals surface area contributed by atoms with E-state index >= 15 is 0 Å². The molecule has 0 saturated heterocycles. The number of hydrogen-bond acceptors (Lipinski definition) is 4. The van der Waals surface area contributed by atoms with Gasteiger partial charge in [0, 0.05) is 29.6 Å². The van der Waals surface area contributed by atoms with Crippen LogP contribution in [0.25, 0.3) is 0 Å². The van der Waals surface area contributed by atoms with E-state index in [1.165, 1.54) is 6.42 Å². The summed E-state index contributed by atoms with van der Waals surface area (Å²) in [6.07, 6.45) is 3.34. The van der Waals surface area contributed by atoms with Gasteiger partial charge in [-0.3, -0.25) is 4.98 Å². The van der Waals surface area contributed by atoms with Crippen LogP contribution in [0.2, 0.25) is 0 Å². The van der Waals surface area contributed by atoms with Crippen LogP contribution < -0.4 is 10.1 Å². The Morgan fingerprint density at radius 2 is 2.24 bits per heavy atom. The summed E-state index contributed by atoms with van der Waals surface area (Å²) in [4.78, 5) is 4.47. The van der Waals surface area contributed by atoms with E-state index in [9.17, 15) is 0 Å². The van der Waals surface area contributed by atoms with Crippen LogP contribution in [0.5, 0.6) is 5.75 Å². The Morgan fingerprint density at radius 3 is 2.88 bits per heavy atom. The van der Waals surface area contributed by atoms with E-state index < -0.39 is 0 Å². The van der Waals surface area contributed by atoms with Gasteiger partial charge in [-0.15, -0.1) is 0 Å². The molecule has 0 aromatic carbocycles. The van der Waals surface area contributed by atoms with Crippen molar-refractivity contribution in [3.63, 3.8) is 0 Å². The quantitative estimate of drug-likeness (QED) is 0.759. The average Bonchev–Trinajstić information content (AvgIpc) is 2.33. The molecule has 1 unspecified atom stereocenters. The second-order valence-electron chi connectivity index (χ2n) is 4.15. The van der Waals surface area contributed by atoms with Gasteiger partial charge < -0.3 is 10.1 Å². The van der Waals surface area contributed by atoms with E-state index in [-0.39, 0.29) is 0 Å². The number of pyridine rings is 1. The molecular formula is C13H22N2OS. The maximum absolute atomic E-state index is 5.23. The van der Waals surface area contributed by atoms with E-state index in [2.05, 4.69) is 23.5 Å². The maximum Gasteiger partial charge on any atom is 0.122 e. The highest BCUT2D eigenvalue weighted by Crippen LogP contribution is 2.13. The largest absolute Gasteiger partial charge is 0.497 e. The Hall–Kier alpha value is -0.740. The number of ether oxygens (including phenoxy) is 1. The van der Waals surface area contributed by atoms with Crippen molar-refractivity contribution in [2.75, 3.05) is 19.9 Å². The lowest BCUT2D eigenvalue weighted by atomic mass is 10.2. The molecule has 1 N–H and O–H groups in total. The first-order chi connectivity index (χ1) is 8.15. The first-order valence-electron chi connectivity index (χ1n) is 5.90. The van der Waals surface area contributed by atoms with Crippen molar-refractivity contribution in [2.24, 2.45) is 0 Å². The Bertz CT molecular complexity index is 344. The molecule has 0 bridgehead atoms. The first-order valence-corrected chi connectivity index (χ1v) is 7.19. The van der Waals surface area contributed by atoms with Crippen LogP contribution >= 0.6 is 11.8 Å². The minimum Gasteiger partial charge on any atom is -0.497 e. The van der Waals surface area contributed by atoms with Crippen molar-refractivity contribution in [3.8, 4) is 5.75 Å². The van der Waals surface area contributed by atoms with Gasteiger partial charge in [0.1, 0.15) is 5.75 Å². The molecule has 4 heteroatoms. The van der Waals surface area contributed by atoms with E-state index in [0.29, 0.717) is 5.25 Å². The minimum atomic E-state index is 0.711. The van der Waals surface area contributed by atoms with Gasteiger partial charge in [0.15, 0.2) is 0 Å². The Morgan fingerprint density at radius 1 is 1.47 bits per heavy atom. The molecule has 0 aliphatic heterocycles. The smallest absolute Gasteiger partial charge is 0.122 e. The fourth-order valence-corrected chi connectivity index (χ4v) is 1.90. The third-order valence-electron chi connectivity index (χ3n) is 2.65. The Labute approximate surface area is 108 Å². The van der Waals surface area contributed by atoms with Crippen molar-refractivity contribution >= 4 is 11.8 Å². The zero-order chi connectivity index (χ0) is 12.7. The molecule has 3 nitrogen and oxygen atoms in total. The van der Waals surface area contributed by atoms with Crippen LogP contribution in [-0.2, 0) is 6.54 Å². The summed E-state index contributed by atoms with van der Waals surface area (Å²) in [6.45, 7) is 6.07. The molecule has 1 atom stereocenters. The van der Waals surface area contributed by atoms with Crippen LogP contribution in [0.15, 0.2) is 12.1 Å². The highest BCUT2D eigenvalue weighted by atomic mass is 32.2. The van der Waals surface area contributed by atoms with Gasteiger partial charge in [-0.2, -0.15) is 11.8 Å². The molecule has 0 radical (unpaired) electrons. The summed E-state index contributed by atoms with van der Waals surface area (Å²) in [5, 5.41) is 4.12. The number of thioether (sulfide) groups is 1. The van der Waals surface area contributed by atoms with Gasteiger partial charge in [-0.05, 0) is 26.1 Å². The molecule has 1 rings (SSSR count). The van der Waals surface area contributed by atoms with Crippen molar-refractivity contribution in [1.29, 1.82) is 0 Å². The molecule has 1 heterocycles. The number of rotatable bonds is 7. The molecular weight excluding hydrogens is 232 g/mol. The van der Waals surface area contributed by atoms with E-state index in [1.807, 2.05) is 30.8 Å². The van der Waals surface area contributed by atoms with Crippen molar-refractivity contribution in [3.05, 3.63) is 23.5 Å². The number of methoxy groups -OCH3 is 1. The van der Waals surface area contributed by atoms with Crippen LogP contribution in [0.3, 0.4) is 0 Å². The predicted molar refractivity (Wildman–Crippen MR) is 74.8 cm³/mol. The van der Waals surface area contributed by atoms with Crippen molar-refractivity contribution in [1.82, 2.24) is 10.3 Å². The van der Waals surface area contributed by atoms with Crippen molar-refractivity contribution in [2.45, 2.75) is 32.1 Å². The van der Waals surface area contributed by atoms with Gasteiger partial charge in [0.2, 0.25) is 0 Å². The number of hydrogen-bond donors (Lipinski definition) is 1. The third-order valence-corrected chi connectivity index (χ3v) is 3.69. The second kappa shape index (κ2) is 7.56. The summed E-state index contributed by atoms with van der Waals surface area (Å²) >= 11 is 1.90. The minimum absolute atomic E-state index is 0.711. The van der Waals surface area contributed by atoms with Gasteiger partial charge >= 0.3 is 0 Å². The van der Waals surface area contributed by atoms with E-state index in [1.54, 1.807) is 7.11 Å². The summed E-state index contributed by atoms with van der Waals surface area (Å²) in [6, 6.07) is 3.93. The molecule has 0 spiro atoms. The Kier molecular flexibility index (Phi) is 6.37. The van der Waals surface area contributed by atoms with Gasteiger partial charge in [-0.1, -0.05) is 6.92 Å². The molecule has 0 aliphatic carbocycles. The zero-order valence-corrected chi connectivity index (χ0v) is 11.9. The third kappa shape index (κ3) is 5.41. The van der Waals surface area contributed by atoms with E-state index in [4.69, 9.17) is 4.74 Å². The fourth-order valence-electron chi connectivity index (χ4n) is 1.55. The second-order valence-corrected chi connectivity index (χ2v) is 5.43. The standard InChI is InChI=1S/C13H22N2OS/c1-10-7-13(16-3)8-12(15-10)9-14-6-5-11(2)17-4/h7-8,11,14H,5-6,9H2,1-4H3. The molecule has 0 fully saturated rings. The normalized spacial score (nSPS) is 12.5. The van der Waals surface area contributed by atoms with E-state index in [0.717, 1.165) is 30.2 Å². The lowest BCUT2D eigenvalue weighted by Gasteiger charge is -2.10. The SMILES string of the molecule is COc1cc(C)nc(CNCCC(C)SC)c1. The summed E-state index contributed by atoms with van der Waals surface area (Å²) in [7, 11) is 1.69. The van der Waals surface area contributed by atoms with Crippen LogP contribution in [-0.4, -0.2) is 30.1 Å². The summed E-state index contributed by atoms with van der Waals surface area (Å²) in [5.74, 6) is 0.881. The maximum atomic E-state index is 5.23. The molecule has 0 aliphatic rings. The van der Waals surface area contributed by atoms with Crippen molar-refractivity contribution < 1.29 is 4.74 Å². The lowest BCUT2D eigenvalue weighted by Crippen LogP contribution is -2.18. The monoisotopic (exact) mass is 254 g/mol. The molecule has 1 aromatic rings. The predicted octanol–water partition coefficient (Wildman–Crippen LogP) is 2.63. The highest BCUT2D eigenvalue weighted by molar-refractivity contribution is 7.99. The average molecular weight is 254 g/mol. The number of aromatic nitrogens is 1. The van der Waals surface area contributed by atoms with Gasteiger partial charge in [-0.25, -0.2) is 0 Å². The van der Waals surface area contributed by atoms with Gasteiger partial charge in [0.25, 0.3) is 0 Å². The van der Waals surface area contributed by atoms with Crippen LogP contribution in [0.4, 0.5) is 0 Å². The first kappa shape index (κ1) is 14.3. The molecule has 96 valence electrons. The molecule has 0 amide bonds. The number of nitrogens with one attached hydrogen (secondary N) is 1. The summed E-state index contributed by atoms with van der Waals surface area (Å²) < 4.78 is 5.23. The van der Waals surface area contributed by atoms with Crippen LogP contribution in [0.1, 0.15) is 24.7 Å². The topological polar surface area (TPSA) is 34.1 Å². The molecule has 17 heavy (non-hydrogen) atoms. The van der Waals surface area contributed by atoms with Gasteiger partial charge in [0.05, 0.1) is 12.8 Å². The Balaban J connectivity index is 2.38. The highest BCUT2D eigenvalue weighted by Gasteiger charge is 2.01. The number of aryl methyl sites for hydroxylation is 1. The van der Waals surface area contributed by atoms with Crippen LogP contribution in [0, 0.1) is 6.92 Å². The molecule has 1 aromatic heterocycles. The zero-order valence-electron chi connectivity index (χ0n) is 11.1. The molecule has 0 saturated carbocycles.